The molecule has 20 heavy (non-hydrogen) atoms. The number of hydrogen-bond acceptors (Lipinski definition) is 5. The van der Waals surface area contributed by atoms with Crippen molar-refractivity contribution in [2.45, 2.75) is 51.5 Å². The SMILES string of the molecule is CCC(CC)N(CCOC)c1nc(C2CC2)c(C=O)s1. The molecule has 0 unspecified atom stereocenters. The van der Waals surface area contributed by atoms with Gasteiger partial charge in [0, 0.05) is 25.6 Å². The molecular weight excluding hydrogens is 272 g/mol. The Hall–Kier alpha value is -0.940. The van der Waals surface area contributed by atoms with E-state index in [0.29, 0.717) is 18.6 Å². The molecule has 0 spiro atoms. The van der Waals surface area contributed by atoms with Crippen molar-refractivity contribution in [3.05, 3.63) is 10.6 Å². The van der Waals surface area contributed by atoms with Crippen molar-refractivity contribution >= 4 is 22.8 Å². The molecule has 1 saturated carbocycles. The summed E-state index contributed by atoms with van der Waals surface area (Å²) in [5.74, 6) is 0.520. The molecule has 1 aliphatic rings. The fourth-order valence-electron chi connectivity index (χ4n) is 2.54. The predicted molar refractivity (Wildman–Crippen MR) is 83.1 cm³/mol. The van der Waals surface area contributed by atoms with Crippen LogP contribution in [0.1, 0.15) is 60.8 Å². The van der Waals surface area contributed by atoms with Gasteiger partial charge in [-0.05, 0) is 25.7 Å². The Balaban J connectivity index is 2.24. The summed E-state index contributed by atoms with van der Waals surface area (Å²) in [7, 11) is 1.72. The number of aromatic nitrogens is 1. The quantitative estimate of drug-likeness (QED) is 0.654. The number of aldehydes is 1. The zero-order valence-corrected chi connectivity index (χ0v) is 13.4. The minimum atomic E-state index is 0.461. The summed E-state index contributed by atoms with van der Waals surface area (Å²) in [6.45, 7) is 5.91. The third-order valence-corrected chi connectivity index (χ3v) is 4.94. The normalized spacial score (nSPS) is 14.8. The Morgan fingerprint density at radius 2 is 2.15 bits per heavy atom. The molecule has 1 aromatic rings. The summed E-state index contributed by atoms with van der Waals surface area (Å²) in [4.78, 5) is 19.1. The van der Waals surface area contributed by atoms with E-state index >= 15 is 0 Å². The average Bonchev–Trinajstić information content (AvgIpc) is 3.23. The zero-order valence-electron chi connectivity index (χ0n) is 12.6. The summed E-state index contributed by atoms with van der Waals surface area (Å²) in [6.07, 6.45) is 5.47. The molecule has 1 heterocycles. The van der Waals surface area contributed by atoms with E-state index in [1.54, 1.807) is 7.11 Å². The standard InChI is InChI=1S/C15H24N2O2S/c1-4-12(5-2)17(8-9-19-3)15-16-14(11-6-7-11)13(10-18)20-15/h10-12H,4-9H2,1-3H3. The van der Waals surface area contributed by atoms with E-state index in [4.69, 9.17) is 9.72 Å². The molecule has 0 amide bonds. The first-order valence-electron chi connectivity index (χ1n) is 7.46. The largest absolute Gasteiger partial charge is 0.383 e. The van der Waals surface area contributed by atoms with E-state index in [1.807, 2.05) is 0 Å². The van der Waals surface area contributed by atoms with Gasteiger partial charge in [-0.3, -0.25) is 4.79 Å². The van der Waals surface area contributed by atoms with Gasteiger partial charge in [-0.2, -0.15) is 0 Å². The molecule has 4 nitrogen and oxygen atoms in total. The molecule has 112 valence electrons. The first-order chi connectivity index (χ1) is 9.74. The number of ether oxygens (including phenoxy) is 1. The molecule has 0 bridgehead atoms. The number of carbonyl (C=O) groups excluding carboxylic acids is 1. The van der Waals surface area contributed by atoms with Gasteiger partial charge < -0.3 is 9.64 Å². The predicted octanol–water partition coefficient (Wildman–Crippen LogP) is 3.47. The van der Waals surface area contributed by atoms with Crippen molar-refractivity contribution in [2.75, 3.05) is 25.2 Å². The van der Waals surface area contributed by atoms with E-state index in [0.717, 1.165) is 41.4 Å². The summed E-state index contributed by atoms with van der Waals surface area (Å²) < 4.78 is 5.22. The van der Waals surface area contributed by atoms with Gasteiger partial charge >= 0.3 is 0 Å². The molecular formula is C15H24N2O2S. The number of hydrogen-bond donors (Lipinski definition) is 0. The van der Waals surface area contributed by atoms with Gasteiger partial charge in [0.15, 0.2) is 11.4 Å². The summed E-state index contributed by atoms with van der Waals surface area (Å²) in [5.41, 5.74) is 1.02. The van der Waals surface area contributed by atoms with Gasteiger partial charge in [-0.15, -0.1) is 0 Å². The molecule has 0 atom stereocenters. The molecule has 1 aromatic heterocycles. The second-order valence-corrected chi connectivity index (χ2v) is 6.30. The van der Waals surface area contributed by atoms with Crippen molar-refractivity contribution in [1.29, 1.82) is 0 Å². The fourth-order valence-corrected chi connectivity index (χ4v) is 3.60. The van der Waals surface area contributed by atoms with E-state index in [9.17, 15) is 4.79 Å². The van der Waals surface area contributed by atoms with Crippen LogP contribution in [0.3, 0.4) is 0 Å². The Labute approximate surface area is 125 Å². The van der Waals surface area contributed by atoms with Crippen LogP contribution in [0, 0.1) is 0 Å². The average molecular weight is 296 g/mol. The topological polar surface area (TPSA) is 42.4 Å². The number of rotatable bonds is 9. The third-order valence-electron chi connectivity index (χ3n) is 3.91. The van der Waals surface area contributed by atoms with Gasteiger partial charge in [0.1, 0.15) is 0 Å². The summed E-state index contributed by atoms with van der Waals surface area (Å²) >= 11 is 1.54. The lowest BCUT2D eigenvalue weighted by Crippen LogP contribution is -2.37. The molecule has 0 aromatic carbocycles. The Bertz CT molecular complexity index is 439. The number of methoxy groups -OCH3 is 1. The van der Waals surface area contributed by atoms with Crippen LogP contribution in [-0.4, -0.2) is 37.6 Å². The lowest BCUT2D eigenvalue weighted by atomic mass is 10.1. The monoisotopic (exact) mass is 296 g/mol. The maximum absolute atomic E-state index is 11.2. The number of anilines is 1. The Morgan fingerprint density at radius 1 is 1.45 bits per heavy atom. The lowest BCUT2D eigenvalue weighted by molar-refractivity contribution is 0.112. The summed E-state index contributed by atoms with van der Waals surface area (Å²) in [5, 5.41) is 0.986. The lowest BCUT2D eigenvalue weighted by Gasteiger charge is -2.29. The van der Waals surface area contributed by atoms with E-state index in [1.165, 1.54) is 24.2 Å². The smallest absolute Gasteiger partial charge is 0.186 e. The first kappa shape index (κ1) is 15.4. The van der Waals surface area contributed by atoms with Crippen LogP contribution in [-0.2, 0) is 4.74 Å². The summed E-state index contributed by atoms with van der Waals surface area (Å²) in [6, 6.07) is 0.461. The molecule has 0 radical (unpaired) electrons. The highest BCUT2D eigenvalue weighted by atomic mass is 32.1. The minimum Gasteiger partial charge on any atom is -0.383 e. The van der Waals surface area contributed by atoms with Crippen LogP contribution in [0.15, 0.2) is 0 Å². The van der Waals surface area contributed by atoms with Crippen LogP contribution in [0.4, 0.5) is 5.13 Å². The maximum Gasteiger partial charge on any atom is 0.186 e. The van der Waals surface area contributed by atoms with E-state index in [-0.39, 0.29) is 0 Å². The van der Waals surface area contributed by atoms with Crippen LogP contribution in [0.25, 0.3) is 0 Å². The van der Waals surface area contributed by atoms with Crippen LogP contribution >= 0.6 is 11.3 Å². The van der Waals surface area contributed by atoms with Gasteiger partial charge in [0.25, 0.3) is 0 Å². The minimum absolute atomic E-state index is 0.461. The highest BCUT2D eigenvalue weighted by Crippen LogP contribution is 2.44. The molecule has 5 heteroatoms. The van der Waals surface area contributed by atoms with Crippen molar-refractivity contribution < 1.29 is 9.53 Å². The second-order valence-electron chi connectivity index (χ2n) is 5.29. The Kier molecular flexibility index (Phi) is 5.54. The van der Waals surface area contributed by atoms with Gasteiger partial charge in [0.2, 0.25) is 0 Å². The molecule has 0 N–H and O–H groups in total. The Morgan fingerprint density at radius 3 is 2.65 bits per heavy atom. The number of carbonyl (C=O) groups is 1. The number of thiazole rings is 1. The van der Waals surface area contributed by atoms with Crippen molar-refractivity contribution in [1.82, 2.24) is 4.98 Å². The first-order valence-corrected chi connectivity index (χ1v) is 8.28. The number of nitrogens with zero attached hydrogens (tertiary/aromatic N) is 2. The highest BCUT2D eigenvalue weighted by Gasteiger charge is 2.31. The molecule has 1 fully saturated rings. The highest BCUT2D eigenvalue weighted by molar-refractivity contribution is 7.17. The van der Waals surface area contributed by atoms with Gasteiger partial charge in [-0.1, -0.05) is 25.2 Å². The van der Waals surface area contributed by atoms with Crippen LogP contribution in [0.2, 0.25) is 0 Å². The van der Waals surface area contributed by atoms with Gasteiger partial charge in [0.05, 0.1) is 17.2 Å². The van der Waals surface area contributed by atoms with Crippen LogP contribution in [0.5, 0.6) is 0 Å². The van der Waals surface area contributed by atoms with E-state index < -0.39 is 0 Å². The molecule has 2 rings (SSSR count). The molecule has 1 aliphatic carbocycles. The van der Waals surface area contributed by atoms with Crippen molar-refractivity contribution in [2.24, 2.45) is 0 Å². The van der Waals surface area contributed by atoms with Gasteiger partial charge in [-0.25, -0.2) is 4.98 Å². The van der Waals surface area contributed by atoms with E-state index in [2.05, 4.69) is 18.7 Å². The van der Waals surface area contributed by atoms with Crippen molar-refractivity contribution in [3.63, 3.8) is 0 Å². The molecule has 0 saturated heterocycles. The van der Waals surface area contributed by atoms with Crippen molar-refractivity contribution in [3.8, 4) is 0 Å². The fraction of sp³-hybridized carbons (Fsp3) is 0.733. The zero-order chi connectivity index (χ0) is 14.5. The molecule has 0 aliphatic heterocycles. The maximum atomic E-state index is 11.2. The van der Waals surface area contributed by atoms with Crippen LogP contribution < -0.4 is 4.90 Å². The third kappa shape index (κ3) is 3.38. The second kappa shape index (κ2) is 7.18.